The molecule has 0 saturated carbocycles. The summed E-state index contributed by atoms with van der Waals surface area (Å²) in [4.78, 5) is 25.3. The molecule has 30 heavy (non-hydrogen) atoms. The monoisotopic (exact) mass is 402 g/mol. The topological polar surface area (TPSA) is 89.8 Å². The van der Waals surface area contributed by atoms with Crippen LogP contribution in [0.2, 0.25) is 0 Å². The van der Waals surface area contributed by atoms with Crippen molar-refractivity contribution in [1.29, 1.82) is 0 Å². The summed E-state index contributed by atoms with van der Waals surface area (Å²) in [5.41, 5.74) is 2.43. The predicted molar refractivity (Wildman–Crippen MR) is 115 cm³/mol. The molecule has 3 aromatic rings. The molecule has 0 spiro atoms. The van der Waals surface area contributed by atoms with Crippen molar-refractivity contribution in [2.75, 3.05) is 31.1 Å². The Balaban J connectivity index is 1.71. The van der Waals surface area contributed by atoms with Gasteiger partial charge in [0.15, 0.2) is 11.9 Å². The number of hydrogen-bond acceptors (Lipinski definition) is 6. The van der Waals surface area contributed by atoms with E-state index in [0.29, 0.717) is 37.6 Å². The first-order valence-corrected chi connectivity index (χ1v) is 9.72. The number of terminal acetylenes is 1. The molecular weight excluding hydrogens is 380 g/mol. The van der Waals surface area contributed by atoms with Gasteiger partial charge >= 0.3 is 0 Å². The van der Waals surface area contributed by atoms with E-state index in [4.69, 9.17) is 11.4 Å². The van der Waals surface area contributed by atoms with Gasteiger partial charge in [0.1, 0.15) is 11.6 Å². The molecule has 152 valence electrons. The number of benzene rings is 2. The van der Waals surface area contributed by atoms with Crippen LogP contribution in [0.4, 0.5) is 5.82 Å². The number of aromatic nitrogens is 2. The smallest absolute Gasteiger partial charge is 0.264 e. The van der Waals surface area contributed by atoms with Crippen molar-refractivity contribution in [3.05, 3.63) is 48.0 Å². The first-order chi connectivity index (χ1) is 14.5. The lowest BCUT2D eigenvalue weighted by molar-refractivity contribution is -0.137. The second-order valence-corrected chi connectivity index (χ2v) is 7.29. The van der Waals surface area contributed by atoms with Crippen LogP contribution in [-0.2, 0) is 4.79 Å². The van der Waals surface area contributed by atoms with Gasteiger partial charge in [-0.3, -0.25) is 4.79 Å². The largest absolute Gasteiger partial charge is 0.507 e. The van der Waals surface area contributed by atoms with E-state index in [0.717, 1.165) is 22.3 Å². The standard InChI is InChI=1S/C23H22N4O3/c1-3-19(28)23(30)27-12-10-26(11-13-27)22-16-9-8-15(2)14-18(16)24-21(25-22)17-6-4-5-7-20(17)29/h1,4-9,14,19,28-29H,10-13H2,2H3. The number of anilines is 1. The fourth-order valence-corrected chi connectivity index (χ4v) is 3.63. The molecule has 2 aromatic carbocycles. The third kappa shape index (κ3) is 3.65. The summed E-state index contributed by atoms with van der Waals surface area (Å²) >= 11 is 0. The van der Waals surface area contributed by atoms with Gasteiger partial charge in [-0.1, -0.05) is 24.1 Å². The van der Waals surface area contributed by atoms with Crippen molar-refractivity contribution in [1.82, 2.24) is 14.9 Å². The van der Waals surface area contributed by atoms with E-state index in [-0.39, 0.29) is 5.75 Å². The number of hydrogen-bond donors (Lipinski definition) is 2. The number of aryl methyl sites for hydroxylation is 1. The third-order valence-electron chi connectivity index (χ3n) is 5.26. The van der Waals surface area contributed by atoms with Gasteiger partial charge in [-0.2, -0.15) is 0 Å². The maximum atomic E-state index is 12.2. The highest BCUT2D eigenvalue weighted by atomic mass is 16.3. The van der Waals surface area contributed by atoms with Crippen molar-refractivity contribution >= 4 is 22.6 Å². The van der Waals surface area contributed by atoms with Crippen molar-refractivity contribution in [3.8, 4) is 29.5 Å². The van der Waals surface area contributed by atoms with Crippen LogP contribution in [0, 0.1) is 19.3 Å². The molecule has 1 aromatic heterocycles. The minimum absolute atomic E-state index is 0.120. The SMILES string of the molecule is C#CC(O)C(=O)N1CCN(c2nc(-c3ccccc3O)nc3cc(C)ccc23)CC1. The molecule has 1 saturated heterocycles. The Morgan fingerprint density at radius 2 is 1.87 bits per heavy atom. The summed E-state index contributed by atoms with van der Waals surface area (Å²) in [5, 5.41) is 20.8. The highest BCUT2D eigenvalue weighted by Gasteiger charge is 2.27. The number of para-hydroxylation sites is 1. The van der Waals surface area contributed by atoms with Crippen LogP contribution in [0.3, 0.4) is 0 Å². The van der Waals surface area contributed by atoms with Gasteiger partial charge in [0, 0.05) is 31.6 Å². The van der Waals surface area contributed by atoms with Crippen LogP contribution in [0.25, 0.3) is 22.3 Å². The number of carbonyl (C=O) groups is 1. The van der Waals surface area contributed by atoms with Crippen molar-refractivity contribution in [2.24, 2.45) is 0 Å². The Kier molecular flexibility index (Phi) is 5.25. The van der Waals surface area contributed by atoms with Gasteiger partial charge in [-0.25, -0.2) is 9.97 Å². The summed E-state index contributed by atoms with van der Waals surface area (Å²) in [7, 11) is 0. The highest BCUT2D eigenvalue weighted by molar-refractivity contribution is 5.92. The molecule has 1 amide bonds. The number of aromatic hydroxyl groups is 1. The highest BCUT2D eigenvalue weighted by Crippen LogP contribution is 2.32. The molecular formula is C23H22N4O3. The van der Waals surface area contributed by atoms with Crippen LogP contribution >= 0.6 is 0 Å². The predicted octanol–water partition coefficient (Wildman–Crippen LogP) is 1.95. The number of rotatable bonds is 3. The van der Waals surface area contributed by atoms with E-state index in [1.165, 1.54) is 0 Å². The number of aliphatic hydroxyl groups excluding tert-OH is 1. The molecule has 1 fully saturated rings. The molecule has 1 aliphatic rings. The number of phenols is 1. The van der Waals surface area contributed by atoms with Gasteiger partial charge < -0.3 is 20.0 Å². The first kappa shape index (κ1) is 19.7. The first-order valence-electron chi connectivity index (χ1n) is 9.72. The summed E-state index contributed by atoms with van der Waals surface area (Å²) in [6, 6.07) is 13.0. The van der Waals surface area contributed by atoms with Crippen molar-refractivity contribution < 1.29 is 15.0 Å². The van der Waals surface area contributed by atoms with Crippen LogP contribution in [0.1, 0.15) is 5.56 Å². The van der Waals surface area contributed by atoms with E-state index in [1.807, 2.05) is 31.2 Å². The van der Waals surface area contributed by atoms with E-state index < -0.39 is 12.0 Å². The van der Waals surface area contributed by atoms with E-state index in [9.17, 15) is 15.0 Å². The number of aliphatic hydroxyl groups is 1. The molecule has 0 radical (unpaired) electrons. The number of phenolic OH excluding ortho intramolecular Hbond substituents is 1. The fraction of sp³-hybridized carbons (Fsp3) is 0.261. The van der Waals surface area contributed by atoms with Crippen LogP contribution < -0.4 is 4.90 Å². The molecule has 0 aliphatic carbocycles. The Labute approximate surface area is 174 Å². The molecule has 7 nitrogen and oxygen atoms in total. The maximum absolute atomic E-state index is 12.2. The second kappa shape index (κ2) is 8.01. The molecule has 0 bridgehead atoms. The van der Waals surface area contributed by atoms with Crippen LogP contribution in [0.5, 0.6) is 5.75 Å². The minimum atomic E-state index is -1.41. The Morgan fingerprint density at radius 1 is 1.13 bits per heavy atom. The summed E-state index contributed by atoms with van der Waals surface area (Å²) in [6.45, 7) is 3.95. The quantitative estimate of drug-likeness (QED) is 0.651. The van der Waals surface area contributed by atoms with Gasteiger partial charge in [0.05, 0.1) is 11.1 Å². The minimum Gasteiger partial charge on any atom is -0.507 e. The number of amides is 1. The number of carbonyl (C=O) groups excluding carboxylic acids is 1. The molecule has 1 aliphatic heterocycles. The second-order valence-electron chi connectivity index (χ2n) is 7.29. The Hall–Kier alpha value is -3.63. The zero-order valence-electron chi connectivity index (χ0n) is 16.6. The van der Waals surface area contributed by atoms with Gasteiger partial charge in [-0.05, 0) is 36.8 Å². The zero-order valence-corrected chi connectivity index (χ0v) is 16.6. The average Bonchev–Trinajstić information content (AvgIpc) is 2.77. The summed E-state index contributed by atoms with van der Waals surface area (Å²) in [6.07, 6.45) is 3.75. The lowest BCUT2D eigenvalue weighted by Crippen LogP contribution is -2.51. The molecule has 4 rings (SSSR count). The Bertz CT molecular complexity index is 1150. The van der Waals surface area contributed by atoms with Gasteiger partial charge in [0.2, 0.25) is 0 Å². The lowest BCUT2D eigenvalue weighted by atomic mass is 10.1. The van der Waals surface area contributed by atoms with Crippen molar-refractivity contribution in [2.45, 2.75) is 13.0 Å². The molecule has 2 N–H and O–H groups in total. The van der Waals surface area contributed by atoms with Gasteiger partial charge in [0.25, 0.3) is 5.91 Å². The van der Waals surface area contributed by atoms with Crippen LogP contribution in [-0.4, -0.2) is 63.3 Å². The lowest BCUT2D eigenvalue weighted by Gasteiger charge is -2.36. The number of fused-ring (bicyclic) bond motifs is 1. The maximum Gasteiger partial charge on any atom is 0.264 e. The van der Waals surface area contributed by atoms with Crippen molar-refractivity contribution in [3.63, 3.8) is 0 Å². The normalized spacial score (nSPS) is 15.1. The summed E-state index contributed by atoms with van der Waals surface area (Å²) in [5.74, 6) is 2.94. The third-order valence-corrected chi connectivity index (χ3v) is 5.26. The molecule has 1 unspecified atom stereocenters. The Morgan fingerprint density at radius 3 is 2.57 bits per heavy atom. The molecule has 7 heteroatoms. The number of piperazine rings is 1. The fourth-order valence-electron chi connectivity index (χ4n) is 3.63. The van der Waals surface area contributed by atoms with E-state index >= 15 is 0 Å². The summed E-state index contributed by atoms with van der Waals surface area (Å²) < 4.78 is 0. The molecule has 1 atom stereocenters. The number of nitrogens with zero attached hydrogens (tertiary/aromatic N) is 4. The van der Waals surface area contributed by atoms with Crippen LogP contribution in [0.15, 0.2) is 42.5 Å². The van der Waals surface area contributed by atoms with Gasteiger partial charge in [-0.15, -0.1) is 6.42 Å². The average molecular weight is 402 g/mol. The molecule has 2 heterocycles. The van der Waals surface area contributed by atoms with E-state index in [2.05, 4.69) is 15.8 Å². The van der Waals surface area contributed by atoms with E-state index in [1.54, 1.807) is 23.1 Å². The zero-order chi connectivity index (χ0) is 21.3.